The summed E-state index contributed by atoms with van der Waals surface area (Å²) < 4.78 is 10.4. The van der Waals surface area contributed by atoms with E-state index in [4.69, 9.17) is 9.47 Å². The Morgan fingerprint density at radius 3 is 2.80 bits per heavy atom. The molecule has 1 aliphatic carbocycles. The SMILES string of the molecule is COC(=O)c1cccc2c1NC(c1cccc(OC)c1)C1CC=CC21. The van der Waals surface area contributed by atoms with Gasteiger partial charge < -0.3 is 14.8 Å². The van der Waals surface area contributed by atoms with Gasteiger partial charge in [0, 0.05) is 5.92 Å². The van der Waals surface area contributed by atoms with Crippen LogP contribution in [0, 0.1) is 5.92 Å². The average Bonchev–Trinajstić information content (AvgIpc) is 3.16. The van der Waals surface area contributed by atoms with Crippen molar-refractivity contribution in [3.8, 4) is 5.75 Å². The summed E-state index contributed by atoms with van der Waals surface area (Å²) in [4.78, 5) is 12.2. The Morgan fingerprint density at radius 1 is 1.16 bits per heavy atom. The van der Waals surface area contributed by atoms with Crippen LogP contribution >= 0.6 is 0 Å². The molecule has 0 saturated heterocycles. The van der Waals surface area contributed by atoms with E-state index in [2.05, 4.69) is 35.7 Å². The minimum atomic E-state index is -0.311. The van der Waals surface area contributed by atoms with Gasteiger partial charge >= 0.3 is 5.97 Å². The molecular formula is C21H21NO3. The van der Waals surface area contributed by atoms with E-state index in [0.29, 0.717) is 17.4 Å². The molecule has 4 heteroatoms. The molecule has 0 saturated carbocycles. The zero-order valence-corrected chi connectivity index (χ0v) is 14.4. The third kappa shape index (κ3) is 2.58. The van der Waals surface area contributed by atoms with Crippen LogP contribution in [0.2, 0.25) is 0 Å². The zero-order valence-electron chi connectivity index (χ0n) is 14.4. The Kier molecular flexibility index (Phi) is 3.96. The number of nitrogens with one attached hydrogen (secondary N) is 1. The number of carbonyl (C=O) groups is 1. The van der Waals surface area contributed by atoms with E-state index in [9.17, 15) is 4.79 Å². The molecule has 1 aliphatic heterocycles. The second-order valence-corrected chi connectivity index (χ2v) is 6.51. The normalized spacial score (nSPS) is 23.4. The summed E-state index contributed by atoms with van der Waals surface area (Å²) in [5.41, 5.74) is 3.81. The maximum absolute atomic E-state index is 12.2. The molecule has 0 amide bonds. The van der Waals surface area contributed by atoms with Gasteiger partial charge in [-0.2, -0.15) is 0 Å². The molecule has 1 N–H and O–H groups in total. The minimum absolute atomic E-state index is 0.119. The minimum Gasteiger partial charge on any atom is -0.497 e. The lowest BCUT2D eigenvalue weighted by Crippen LogP contribution is -2.30. The maximum Gasteiger partial charge on any atom is 0.339 e. The molecule has 4 rings (SSSR count). The van der Waals surface area contributed by atoms with E-state index in [1.54, 1.807) is 7.11 Å². The molecule has 0 spiro atoms. The maximum atomic E-state index is 12.2. The van der Waals surface area contributed by atoms with Crippen molar-refractivity contribution in [1.29, 1.82) is 0 Å². The highest BCUT2D eigenvalue weighted by molar-refractivity contribution is 5.97. The Bertz CT molecular complexity index is 843. The van der Waals surface area contributed by atoms with Gasteiger partial charge in [0.05, 0.1) is 31.5 Å². The topological polar surface area (TPSA) is 47.6 Å². The van der Waals surface area contributed by atoms with Gasteiger partial charge in [-0.1, -0.05) is 36.4 Å². The quantitative estimate of drug-likeness (QED) is 0.671. The van der Waals surface area contributed by atoms with Crippen LogP contribution in [0.5, 0.6) is 5.75 Å². The number of anilines is 1. The monoisotopic (exact) mass is 335 g/mol. The van der Waals surface area contributed by atoms with Gasteiger partial charge in [-0.25, -0.2) is 4.79 Å². The first-order chi connectivity index (χ1) is 12.2. The molecule has 3 atom stereocenters. The Labute approximate surface area is 147 Å². The van der Waals surface area contributed by atoms with Crippen molar-refractivity contribution in [3.63, 3.8) is 0 Å². The van der Waals surface area contributed by atoms with Gasteiger partial charge in [0.25, 0.3) is 0 Å². The van der Waals surface area contributed by atoms with E-state index in [1.165, 1.54) is 18.2 Å². The summed E-state index contributed by atoms with van der Waals surface area (Å²) in [6.07, 6.45) is 5.52. The lowest BCUT2D eigenvalue weighted by molar-refractivity contribution is 0.0601. The lowest BCUT2D eigenvalue weighted by Gasteiger charge is -2.38. The summed E-state index contributed by atoms with van der Waals surface area (Å²) in [7, 11) is 3.10. The lowest BCUT2D eigenvalue weighted by atomic mass is 9.76. The molecule has 25 heavy (non-hydrogen) atoms. The van der Waals surface area contributed by atoms with Crippen LogP contribution in [-0.2, 0) is 4.74 Å². The van der Waals surface area contributed by atoms with E-state index >= 15 is 0 Å². The fraction of sp³-hybridized carbons (Fsp3) is 0.286. The van der Waals surface area contributed by atoms with Crippen molar-refractivity contribution in [3.05, 3.63) is 71.3 Å². The van der Waals surface area contributed by atoms with Crippen molar-refractivity contribution in [2.24, 2.45) is 5.92 Å². The number of allylic oxidation sites excluding steroid dienone is 2. The van der Waals surface area contributed by atoms with Crippen molar-refractivity contribution >= 4 is 11.7 Å². The van der Waals surface area contributed by atoms with Crippen LogP contribution in [0.25, 0.3) is 0 Å². The van der Waals surface area contributed by atoms with Crippen LogP contribution in [0.4, 0.5) is 5.69 Å². The van der Waals surface area contributed by atoms with Gasteiger partial charge in [0.1, 0.15) is 5.75 Å². The van der Waals surface area contributed by atoms with Gasteiger partial charge in [0.2, 0.25) is 0 Å². The Morgan fingerprint density at radius 2 is 2.00 bits per heavy atom. The first-order valence-corrected chi connectivity index (χ1v) is 8.51. The van der Waals surface area contributed by atoms with Crippen molar-refractivity contribution in [2.75, 3.05) is 19.5 Å². The fourth-order valence-corrected chi connectivity index (χ4v) is 4.07. The number of carbonyl (C=O) groups excluding carboxylic acids is 1. The number of esters is 1. The highest BCUT2D eigenvalue weighted by atomic mass is 16.5. The Balaban J connectivity index is 1.81. The molecule has 2 aromatic carbocycles. The van der Waals surface area contributed by atoms with E-state index in [-0.39, 0.29) is 12.0 Å². The number of para-hydroxylation sites is 1. The fourth-order valence-electron chi connectivity index (χ4n) is 4.07. The third-order valence-electron chi connectivity index (χ3n) is 5.25. The second-order valence-electron chi connectivity index (χ2n) is 6.51. The number of methoxy groups -OCH3 is 2. The third-order valence-corrected chi connectivity index (χ3v) is 5.25. The smallest absolute Gasteiger partial charge is 0.339 e. The predicted octanol–water partition coefficient (Wildman–Crippen LogP) is 4.31. The molecule has 3 unspecified atom stereocenters. The van der Waals surface area contributed by atoms with Gasteiger partial charge in [-0.05, 0) is 41.7 Å². The first kappa shape index (κ1) is 15.8. The summed E-state index contributed by atoms with van der Waals surface area (Å²) in [6.45, 7) is 0. The number of hydrogen-bond acceptors (Lipinski definition) is 4. The van der Waals surface area contributed by atoms with Crippen LogP contribution in [0.15, 0.2) is 54.6 Å². The molecule has 0 radical (unpaired) electrons. The largest absolute Gasteiger partial charge is 0.497 e. The molecule has 0 aromatic heterocycles. The number of rotatable bonds is 3. The van der Waals surface area contributed by atoms with Crippen molar-refractivity contribution in [2.45, 2.75) is 18.4 Å². The summed E-state index contributed by atoms with van der Waals surface area (Å²) in [5.74, 6) is 1.26. The Hall–Kier alpha value is -2.75. The standard InChI is InChI=1S/C21H21NO3/c1-24-14-7-3-6-13(12-14)19-16-9-4-8-15(16)17-10-5-11-18(20(17)22-19)21(23)25-2/h3-8,10-12,15-16,19,22H,9H2,1-2H3. The molecule has 2 aliphatic rings. The number of fused-ring (bicyclic) bond motifs is 3. The second kappa shape index (κ2) is 6.28. The zero-order chi connectivity index (χ0) is 17.4. The van der Waals surface area contributed by atoms with Crippen LogP contribution in [0.3, 0.4) is 0 Å². The number of hydrogen-bond donors (Lipinski definition) is 1. The molecular weight excluding hydrogens is 314 g/mol. The van der Waals surface area contributed by atoms with Crippen LogP contribution < -0.4 is 10.1 Å². The van der Waals surface area contributed by atoms with E-state index < -0.39 is 0 Å². The highest BCUT2D eigenvalue weighted by Gasteiger charge is 2.39. The van der Waals surface area contributed by atoms with Gasteiger partial charge in [-0.3, -0.25) is 0 Å². The van der Waals surface area contributed by atoms with E-state index in [0.717, 1.165) is 17.9 Å². The summed E-state index contributed by atoms with van der Waals surface area (Å²) in [5, 5.41) is 3.62. The van der Waals surface area contributed by atoms with Gasteiger partial charge in [-0.15, -0.1) is 0 Å². The molecule has 2 aromatic rings. The molecule has 128 valence electrons. The summed E-state index contributed by atoms with van der Waals surface area (Å²) >= 11 is 0. The van der Waals surface area contributed by atoms with Crippen molar-refractivity contribution < 1.29 is 14.3 Å². The van der Waals surface area contributed by atoms with Crippen LogP contribution in [0.1, 0.15) is 39.9 Å². The van der Waals surface area contributed by atoms with Crippen LogP contribution in [-0.4, -0.2) is 20.2 Å². The molecule has 0 bridgehead atoms. The predicted molar refractivity (Wildman–Crippen MR) is 97.1 cm³/mol. The summed E-state index contributed by atoms with van der Waals surface area (Å²) in [6, 6.07) is 14.1. The first-order valence-electron chi connectivity index (χ1n) is 8.51. The van der Waals surface area contributed by atoms with E-state index in [1.807, 2.05) is 24.3 Å². The molecule has 4 nitrogen and oxygen atoms in total. The average molecular weight is 335 g/mol. The van der Waals surface area contributed by atoms with Crippen molar-refractivity contribution in [1.82, 2.24) is 0 Å². The van der Waals surface area contributed by atoms with Gasteiger partial charge in [0.15, 0.2) is 0 Å². The molecule has 1 heterocycles. The number of benzene rings is 2. The molecule has 0 fully saturated rings. The number of ether oxygens (including phenoxy) is 2. The highest BCUT2D eigenvalue weighted by Crippen LogP contribution is 2.50.